The number of fused-ring (bicyclic) bond motifs is 1. The molecule has 2 aromatic rings. The Hall–Kier alpha value is -4.08. The molecular formula is C26H27N3O7. The molecule has 0 radical (unpaired) electrons. The number of carboxylic acid groups (broad SMARTS) is 1. The number of nitrogens with zero attached hydrogens (tertiary/aromatic N) is 2. The number of benzene rings is 2. The fraction of sp³-hybridized carbons (Fsp3) is 0.385. The smallest absolute Gasteiger partial charge is 0.407 e. The van der Waals surface area contributed by atoms with E-state index in [4.69, 9.17) is 9.47 Å². The van der Waals surface area contributed by atoms with Crippen LogP contribution in [-0.4, -0.2) is 71.6 Å². The lowest BCUT2D eigenvalue weighted by atomic mass is 9.89. The van der Waals surface area contributed by atoms with E-state index in [0.717, 1.165) is 11.1 Å². The van der Waals surface area contributed by atoms with Gasteiger partial charge in [-0.25, -0.2) is 4.79 Å². The van der Waals surface area contributed by atoms with Gasteiger partial charge in [-0.2, -0.15) is 0 Å². The van der Waals surface area contributed by atoms with Gasteiger partial charge in [0.2, 0.25) is 11.8 Å². The van der Waals surface area contributed by atoms with E-state index in [2.05, 4.69) is 5.32 Å². The lowest BCUT2D eigenvalue weighted by Gasteiger charge is -2.20. The third-order valence-electron chi connectivity index (χ3n) is 6.99. The average Bonchev–Trinajstić information content (AvgIpc) is 3.56. The van der Waals surface area contributed by atoms with Crippen LogP contribution in [0.4, 0.5) is 4.79 Å². The van der Waals surface area contributed by atoms with Crippen molar-refractivity contribution < 1.29 is 33.8 Å². The maximum Gasteiger partial charge on any atom is 0.407 e. The number of ether oxygens (including phenoxy) is 2. The standard InChI is InChI=1S/C26H27N3O7/c30-23-7-8-24(31)29(23)9-10-35-19-4-1-16(2-5-19)22-14-28(26(33)34)13-18(22)15-36-20-6-3-17-12-27-25(32)21(17)11-20/h1-6,11,18,22H,7-10,12-15H2,(H,27,32)(H,33,34). The van der Waals surface area contributed by atoms with Crippen molar-refractivity contribution in [3.05, 3.63) is 59.2 Å². The summed E-state index contributed by atoms with van der Waals surface area (Å²) >= 11 is 0. The topological polar surface area (TPSA) is 125 Å². The van der Waals surface area contributed by atoms with Crippen LogP contribution in [0.5, 0.6) is 11.5 Å². The zero-order chi connectivity index (χ0) is 25.2. The van der Waals surface area contributed by atoms with Crippen LogP contribution in [0, 0.1) is 5.92 Å². The van der Waals surface area contributed by atoms with Gasteiger partial charge in [-0.3, -0.25) is 19.3 Å². The number of carbonyl (C=O) groups excluding carboxylic acids is 3. The van der Waals surface area contributed by atoms with Gasteiger partial charge >= 0.3 is 6.09 Å². The molecule has 0 saturated carbocycles. The minimum atomic E-state index is -0.970. The Labute approximate surface area is 207 Å². The fourth-order valence-electron chi connectivity index (χ4n) is 5.00. The number of imide groups is 1. The Morgan fingerprint density at radius 1 is 0.972 bits per heavy atom. The summed E-state index contributed by atoms with van der Waals surface area (Å²) in [7, 11) is 0. The first-order chi connectivity index (χ1) is 17.4. The largest absolute Gasteiger partial charge is 0.493 e. The molecule has 2 saturated heterocycles. The number of hydrogen-bond acceptors (Lipinski definition) is 6. The summed E-state index contributed by atoms with van der Waals surface area (Å²) in [5, 5.41) is 12.3. The van der Waals surface area contributed by atoms with Gasteiger partial charge in [0.25, 0.3) is 5.91 Å². The van der Waals surface area contributed by atoms with Crippen LogP contribution in [0.15, 0.2) is 42.5 Å². The van der Waals surface area contributed by atoms with Gasteiger partial charge in [0, 0.05) is 49.9 Å². The molecule has 0 aliphatic carbocycles. The van der Waals surface area contributed by atoms with E-state index in [9.17, 15) is 24.3 Å². The van der Waals surface area contributed by atoms with Gasteiger partial charge < -0.3 is 24.8 Å². The van der Waals surface area contributed by atoms with Crippen molar-refractivity contribution in [2.45, 2.75) is 25.3 Å². The number of rotatable bonds is 8. The minimum absolute atomic E-state index is 0.0623. The van der Waals surface area contributed by atoms with E-state index in [1.165, 1.54) is 9.80 Å². The van der Waals surface area contributed by atoms with Crippen molar-refractivity contribution in [1.29, 1.82) is 0 Å². The predicted octanol–water partition coefficient (Wildman–Crippen LogP) is 2.23. The predicted molar refractivity (Wildman–Crippen MR) is 127 cm³/mol. The summed E-state index contributed by atoms with van der Waals surface area (Å²) in [5.74, 6) is 0.605. The molecule has 3 heterocycles. The van der Waals surface area contributed by atoms with Crippen molar-refractivity contribution in [1.82, 2.24) is 15.1 Å². The van der Waals surface area contributed by atoms with Gasteiger partial charge in [-0.05, 0) is 35.4 Å². The van der Waals surface area contributed by atoms with E-state index < -0.39 is 6.09 Å². The highest BCUT2D eigenvalue weighted by atomic mass is 16.5. The Balaban J connectivity index is 1.21. The van der Waals surface area contributed by atoms with Gasteiger partial charge in [0.15, 0.2) is 0 Å². The molecular weight excluding hydrogens is 466 g/mol. The van der Waals surface area contributed by atoms with Gasteiger partial charge in [-0.15, -0.1) is 0 Å². The minimum Gasteiger partial charge on any atom is -0.493 e. The van der Waals surface area contributed by atoms with Crippen LogP contribution in [0.1, 0.15) is 40.2 Å². The molecule has 0 spiro atoms. The molecule has 10 heteroatoms. The first-order valence-electron chi connectivity index (χ1n) is 12.0. The number of carbonyl (C=O) groups is 4. The molecule has 36 heavy (non-hydrogen) atoms. The third kappa shape index (κ3) is 4.84. The summed E-state index contributed by atoms with van der Waals surface area (Å²) < 4.78 is 11.7. The maximum atomic E-state index is 11.9. The van der Waals surface area contributed by atoms with Crippen LogP contribution in [0.25, 0.3) is 0 Å². The number of nitrogens with one attached hydrogen (secondary N) is 1. The zero-order valence-corrected chi connectivity index (χ0v) is 19.6. The summed E-state index contributed by atoms with van der Waals surface area (Å²) in [6.07, 6.45) is -0.452. The monoisotopic (exact) mass is 493 g/mol. The van der Waals surface area contributed by atoms with Gasteiger partial charge in [-0.1, -0.05) is 18.2 Å². The maximum absolute atomic E-state index is 11.9. The van der Waals surface area contributed by atoms with E-state index in [-0.39, 0.29) is 55.6 Å². The van der Waals surface area contributed by atoms with Crippen molar-refractivity contribution in [2.24, 2.45) is 5.92 Å². The quantitative estimate of drug-likeness (QED) is 0.540. The number of amides is 4. The molecule has 0 aromatic heterocycles. The van der Waals surface area contributed by atoms with Crippen molar-refractivity contribution in [2.75, 3.05) is 32.8 Å². The molecule has 2 fully saturated rings. The molecule has 10 nitrogen and oxygen atoms in total. The molecule has 2 unspecified atom stereocenters. The molecule has 2 N–H and O–H groups in total. The number of likely N-dealkylation sites (tertiary alicyclic amines) is 2. The Morgan fingerprint density at radius 3 is 2.42 bits per heavy atom. The van der Waals surface area contributed by atoms with E-state index in [1.54, 1.807) is 6.07 Å². The average molecular weight is 494 g/mol. The Bertz CT molecular complexity index is 1180. The summed E-state index contributed by atoms with van der Waals surface area (Å²) in [4.78, 5) is 49.6. The van der Waals surface area contributed by atoms with Gasteiger partial charge in [0.05, 0.1) is 13.2 Å². The molecule has 4 amide bonds. The fourth-order valence-corrected chi connectivity index (χ4v) is 5.00. The molecule has 5 rings (SSSR count). The first-order valence-corrected chi connectivity index (χ1v) is 12.0. The van der Waals surface area contributed by atoms with Crippen LogP contribution in [-0.2, 0) is 16.1 Å². The zero-order valence-electron chi connectivity index (χ0n) is 19.6. The Kier molecular flexibility index (Phi) is 6.49. The lowest BCUT2D eigenvalue weighted by molar-refractivity contribution is -0.138. The second-order valence-corrected chi connectivity index (χ2v) is 9.22. The highest BCUT2D eigenvalue weighted by Gasteiger charge is 2.37. The normalized spacial score (nSPS) is 21.1. The van der Waals surface area contributed by atoms with Gasteiger partial charge in [0.1, 0.15) is 18.1 Å². The highest BCUT2D eigenvalue weighted by Crippen LogP contribution is 2.34. The molecule has 2 atom stereocenters. The summed E-state index contributed by atoms with van der Waals surface area (Å²) in [6, 6.07) is 12.9. The van der Waals surface area contributed by atoms with Crippen molar-refractivity contribution in [3.8, 4) is 11.5 Å². The summed E-state index contributed by atoms with van der Waals surface area (Å²) in [6.45, 7) is 1.96. The lowest BCUT2D eigenvalue weighted by Crippen LogP contribution is -2.33. The highest BCUT2D eigenvalue weighted by molar-refractivity contribution is 6.01. The van der Waals surface area contributed by atoms with E-state index in [1.807, 2.05) is 36.4 Å². The first kappa shape index (κ1) is 23.7. The summed E-state index contributed by atoms with van der Waals surface area (Å²) in [5.41, 5.74) is 2.51. The second-order valence-electron chi connectivity index (χ2n) is 9.22. The number of hydrogen-bond donors (Lipinski definition) is 2. The molecule has 3 aliphatic rings. The molecule has 2 aromatic carbocycles. The third-order valence-corrected chi connectivity index (χ3v) is 6.99. The van der Waals surface area contributed by atoms with E-state index >= 15 is 0 Å². The van der Waals surface area contributed by atoms with Crippen molar-refractivity contribution in [3.63, 3.8) is 0 Å². The molecule has 3 aliphatic heterocycles. The SMILES string of the molecule is O=C1NCc2ccc(OCC3CN(C(=O)O)CC3c3ccc(OCCN4C(=O)CCC4=O)cc3)cc21. The van der Waals surface area contributed by atoms with E-state index in [0.29, 0.717) is 43.3 Å². The van der Waals surface area contributed by atoms with Crippen LogP contribution in [0.3, 0.4) is 0 Å². The van der Waals surface area contributed by atoms with Crippen molar-refractivity contribution >= 4 is 23.8 Å². The molecule has 188 valence electrons. The Morgan fingerprint density at radius 2 is 1.69 bits per heavy atom. The van der Waals surface area contributed by atoms with Crippen LogP contribution < -0.4 is 14.8 Å². The van der Waals surface area contributed by atoms with Crippen LogP contribution >= 0.6 is 0 Å². The second kappa shape index (κ2) is 9.88. The molecule has 0 bridgehead atoms. The van der Waals surface area contributed by atoms with Crippen LogP contribution in [0.2, 0.25) is 0 Å².